The van der Waals surface area contributed by atoms with Gasteiger partial charge in [-0.3, -0.25) is 4.79 Å². The molecule has 0 aliphatic rings. The molecule has 0 atom stereocenters. The number of rotatable bonds is 4. The molecule has 1 aromatic heterocycles. The van der Waals surface area contributed by atoms with Crippen LogP contribution in [0.15, 0.2) is 30.5 Å². The van der Waals surface area contributed by atoms with Gasteiger partial charge in [0.1, 0.15) is 5.60 Å². The lowest BCUT2D eigenvalue weighted by atomic mass is 10.1. The van der Waals surface area contributed by atoms with Crippen molar-refractivity contribution >= 4 is 23.4 Å². The normalized spacial score (nSPS) is 10.4. The molecule has 0 aliphatic carbocycles. The minimum Gasteiger partial charge on any atom is -0.444 e. The highest BCUT2D eigenvalue weighted by Gasteiger charge is 2.15. The maximum atomic E-state index is 11.5. The summed E-state index contributed by atoms with van der Waals surface area (Å²) in [5.41, 5.74) is 1.87. The molecule has 0 bridgehead atoms. The summed E-state index contributed by atoms with van der Waals surface area (Å²) in [4.78, 5) is 23.8. The van der Waals surface area contributed by atoms with E-state index in [4.69, 9.17) is 9.53 Å². The molecule has 0 radical (unpaired) electrons. The number of hydrogen-bond acceptors (Lipinski definition) is 3. The molecule has 2 rings (SSSR count). The molecule has 0 spiro atoms. The molecular weight excluding hydrogens is 294 g/mol. The topological polar surface area (TPSA) is 83.2 Å². The third kappa shape index (κ3) is 6.86. The Kier molecular flexibility index (Phi) is 7.12. The van der Waals surface area contributed by atoms with Gasteiger partial charge < -0.3 is 20.4 Å². The summed E-state index contributed by atoms with van der Waals surface area (Å²) in [7, 11) is 1.56. The second kappa shape index (κ2) is 8.82. The third-order valence-corrected chi connectivity index (χ3v) is 2.86. The van der Waals surface area contributed by atoms with E-state index in [0.29, 0.717) is 13.0 Å². The van der Waals surface area contributed by atoms with Gasteiger partial charge in [-0.1, -0.05) is 18.2 Å². The number of carbonyl (C=O) groups excluding carboxylic acids is 2. The van der Waals surface area contributed by atoms with Crippen molar-refractivity contribution < 1.29 is 14.3 Å². The molecule has 1 aromatic carbocycles. The van der Waals surface area contributed by atoms with Crippen LogP contribution in [0.2, 0.25) is 0 Å². The molecule has 0 saturated heterocycles. The minimum absolute atomic E-state index is 0.368. The van der Waals surface area contributed by atoms with Crippen LogP contribution in [0.5, 0.6) is 0 Å². The fraction of sp³-hybridized carbons (Fsp3) is 0.412. The van der Waals surface area contributed by atoms with E-state index in [-0.39, 0.29) is 6.09 Å². The van der Waals surface area contributed by atoms with Gasteiger partial charge in [-0.05, 0) is 38.8 Å². The van der Waals surface area contributed by atoms with Crippen molar-refractivity contribution in [3.05, 3.63) is 36.0 Å². The van der Waals surface area contributed by atoms with Crippen LogP contribution in [-0.4, -0.2) is 36.7 Å². The average Bonchev–Trinajstić information content (AvgIpc) is 2.89. The van der Waals surface area contributed by atoms with Gasteiger partial charge in [-0.25, -0.2) is 4.79 Å². The number of carbonyl (C=O) groups is 2. The number of H-pyrrole nitrogens is 1. The Balaban J connectivity index is 0.000000593. The maximum Gasteiger partial charge on any atom is 0.407 e. The molecule has 6 nitrogen and oxygen atoms in total. The molecule has 2 amide bonds. The summed E-state index contributed by atoms with van der Waals surface area (Å²) in [5, 5.41) is 6.22. The zero-order valence-corrected chi connectivity index (χ0v) is 14.1. The first-order valence-electron chi connectivity index (χ1n) is 7.50. The molecule has 1 heterocycles. The SMILES string of the molecule is CC(C)(C)OC(=O)NCCc1c[nH]c2ccccc12.CNC=O. The van der Waals surface area contributed by atoms with Crippen molar-refractivity contribution in [2.45, 2.75) is 32.8 Å². The zero-order valence-electron chi connectivity index (χ0n) is 14.1. The molecule has 2 aromatic rings. The lowest BCUT2D eigenvalue weighted by molar-refractivity contribution is -0.109. The summed E-state index contributed by atoms with van der Waals surface area (Å²) >= 11 is 0. The molecule has 23 heavy (non-hydrogen) atoms. The molecule has 6 heteroatoms. The van der Waals surface area contributed by atoms with E-state index in [1.807, 2.05) is 45.2 Å². The number of para-hydroxylation sites is 1. The number of benzene rings is 1. The summed E-state index contributed by atoms with van der Waals surface area (Å²) in [6.45, 7) is 6.13. The number of ether oxygens (including phenoxy) is 1. The van der Waals surface area contributed by atoms with Crippen LogP contribution < -0.4 is 10.6 Å². The number of fused-ring (bicyclic) bond motifs is 1. The number of aromatic amines is 1. The Morgan fingerprint density at radius 1 is 1.30 bits per heavy atom. The summed E-state index contributed by atoms with van der Waals surface area (Å²) in [6, 6.07) is 8.14. The van der Waals surface area contributed by atoms with Crippen molar-refractivity contribution in [2.24, 2.45) is 0 Å². The first kappa shape index (κ1) is 18.5. The Hall–Kier alpha value is -2.50. The van der Waals surface area contributed by atoms with Crippen molar-refractivity contribution in [1.82, 2.24) is 15.6 Å². The van der Waals surface area contributed by atoms with E-state index < -0.39 is 5.60 Å². The number of nitrogens with one attached hydrogen (secondary N) is 3. The van der Waals surface area contributed by atoms with E-state index in [1.165, 1.54) is 10.9 Å². The molecule has 126 valence electrons. The van der Waals surface area contributed by atoms with E-state index in [0.717, 1.165) is 11.9 Å². The van der Waals surface area contributed by atoms with Gasteiger partial charge in [0.15, 0.2) is 0 Å². The number of aromatic nitrogens is 1. The van der Waals surface area contributed by atoms with Crippen molar-refractivity contribution in [3.8, 4) is 0 Å². The summed E-state index contributed by atoms with van der Waals surface area (Å²) < 4.78 is 5.19. The molecule has 3 N–H and O–H groups in total. The standard InChI is InChI=1S/C15H20N2O2.C2H5NO/c1-15(2,3)19-14(18)16-9-8-11-10-17-13-7-5-4-6-12(11)13;1-3-2-4/h4-7,10,17H,8-9H2,1-3H3,(H,16,18);2H,1H3,(H,3,4). The number of hydrogen-bond donors (Lipinski definition) is 3. The Bertz CT molecular complexity index is 629. The summed E-state index contributed by atoms with van der Waals surface area (Å²) in [6.07, 6.45) is 3.03. The summed E-state index contributed by atoms with van der Waals surface area (Å²) in [5.74, 6) is 0. The Morgan fingerprint density at radius 2 is 1.96 bits per heavy atom. The molecule has 0 aliphatic heterocycles. The number of amides is 2. The van der Waals surface area contributed by atoms with E-state index in [1.54, 1.807) is 7.05 Å². The average molecular weight is 319 g/mol. The quantitative estimate of drug-likeness (QED) is 0.757. The highest BCUT2D eigenvalue weighted by Crippen LogP contribution is 2.17. The molecular formula is C17H25N3O3. The lowest BCUT2D eigenvalue weighted by Crippen LogP contribution is -2.33. The van der Waals surface area contributed by atoms with Crippen LogP contribution in [0.3, 0.4) is 0 Å². The lowest BCUT2D eigenvalue weighted by Gasteiger charge is -2.19. The Morgan fingerprint density at radius 3 is 2.57 bits per heavy atom. The highest BCUT2D eigenvalue weighted by molar-refractivity contribution is 5.83. The van der Waals surface area contributed by atoms with Crippen LogP contribution in [0.25, 0.3) is 10.9 Å². The molecule has 0 fully saturated rings. The van der Waals surface area contributed by atoms with E-state index >= 15 is 0 Å². The minimum atomic E-state index is -0.454. The Labute approximate surface area is 136 Å². The van der Waals surface area contributed by atoms with Crippen molar-refractivity contribution in [1.29, 1.82) is 0 Å². The van der Waals surface area contributed by atoms with Gasteiger partial charge in [0, 0.05) is 30.7 Å². The van der Waals surface area contributed by atoms with Crippen LogP contribution in [0, 0.1) is 0 Å². The number of alkyl carbamates (subject to hydrolysis) is 1. The molecule has 0 unspecified atom stereocenters. The smallest absolute Gasteiger partial charge is 0.407 e. The van der Waals surface area contributed by atoms with Gasteiger partial charge in [0.25, 0.3) is 0 Å². The fourth-order valence-electron chi connectivity index (χ4n) is 1.95. The monoisotopic (exact) mass is 319 g/mol. The van der Waals surface area contributed by atoms with Gasteiger partial charge in [-0.2, -0.15) is 0 Å². The predicted molar refractivity (Wildman–Crippen MR) is 91.4 cm³/mol. The van der Waals surface area contributed by atoms with Gasteiger partial charge in [0.05, 0.1) is 0 Å². The van der Waals surface area contributed by atoms with Gasteiger partial charge >= 0.3 is 6.09 Å². The van der Waals surface area contributed by atoms with Crippen molar-refractivity contribution in [2.75, 3.05) is 13.6 Å². The van der Waals surface area contributed by atoms with E-state index in [9.17, 15) is 4.79 Å². The largest absolute Gasteiger partial charge is 0.444 e. The van der Waals surface area contributed by atoms with Crippen LogP contribution in [0.4, 0.5) is 4.79 Å². The van der Waals surface area contributed by atoms with Crippen LogP contribution in [0.1, 0.15) is 26.3 Å². The third-order valence-electron chi connectivity index (χ3n) is 2.86. The van der Waals surface area contributed by atoms with Crippen LogP contribution >= 0.6 is 0 Å². The fourth-order valence-corrected chi connectivity index (χ4v) is 1.95. The van der Waals surface area contributed by atoms with Gasteiger partial charge in [-0.15, -0.1) is 0 Å². The molecule has 0 saturated carbocycles. The second-order valence-electron chi connectivity index (χ2n) is 5.94. The zero-order chi connectivity index (χ0) is 17.3. The van der Waals surface area contributed by atoms with Gasteiger partial charge in [0.2, 0.25) is 6.41 Å². The predicted octanol–water partition coefficient (Wildman–Crippen LogP) is 2.60. The second-order valence-corrected chi connectivity index (χ2v) is 5.94. The highest BCUT2D eigenvalue weighted by atomic mass is 16.6. The maximum absolute atomic E-state index is 11.5. The first-order valence-corrected chi connectivity index (χ1v) is 7.50. The van der Waals surface area contributed by atoms with Crippen molar-refractivity contribution in [3.63, 3.8) is 0 Å². The first-order chi connectivity index (χ1) is 10.9. The van der Waals surface area contributed by atoms with Crippen LogP contribution in [-0.2, 0) is 16.0 Å². The van der Waals surface area contributed by atoms with E-state index in [2.05, 4.69) is 21.7 Å².